The van der Waals surface area contributed by atoms with E-state index in [4.69, 9.17) is 0 Å². The fourth-order valence-electron chi connectivity index (χ4n) is 0.946. The van der Waals surface area contributed by atoms with Crippen molar-refractivity contribution in [1.29, 1.82) is 0 Å². The van der Waals surface area contributed by atoms with Crippen LogP contribution < -0.4 is 15.3 Å². The molecular formula is C15H31AlO4. The molecular weight excluding hydrogens is 271 g/mol. The van der Waals surface area contributed by atoms with Crippen LogP contribution >= 0.6 is 0 Å². The third-order valence-electron chi connectivity index (χ3n) is 1.41. The molecule has 0 bridgehead atoms. The average molecular weight is 302 g/mol. The van der Waals surface area contributed by atoms with Crippen molar-refractivity contribution in [3.63, 3.8) is 0 Å². The molecule has 0 aliphatic heterocycles. The summed E-state index contributed by atoms with van der Waals surface area (Å²) in [4.78, 5) is 10.5. The molecule has 118 valence electrons. The summed E-state index contributed by atoms with van der Waals surface area (Å²) < 4.78 is 0. The second kappa shape index (κ2) is 21.4. The van der Waals surface area contributed by atoms with E-state index in [0.717, 1.165) is 25.7 Å². The molecule has 1 rings (SSSR count). The Kier molecular flexibility index (Phi) is 30.2. The molecule has 0 atom stereocenters. The molecule has 0 aromatic heterocycles. The normalized spacial score (nSPS) is 13.3. The Morgan fingerprint density at radius 2 is 0.900 bits per heavy atom. The van der Waals surface area contributed by atoms with Crippen molar-refractivity contribution in [2.45, 2.75) is 92.0 Å². The van der Waals surface area contributed by atoms with Crippen LogP contribution in [0.5, 0.6) is 0 Å². The summed E-state index contributed by atoms with van der Waals surface area (Å²) in [6.07, 6.45) is 3.99. The summed E-state index contributed by atoms with van der Waals surface area (Å²) in [5, 5.41) is 28.6. The summed E-state index contributed by atoms with van der Waals surface area (Å²) >= 11 is 0. The zero-order valence-corrected chi connectivity index (χ0v) is 15.1. The third kappa shape index (κ3) is 80.8. The first-order chi connectivity index (χ1) is 8.59. The molecule has 4 nitrogen and oxygen atoms in total. The minimum absolute atomic E-state index is 0. The van der Waals surface area contributed by atoms with Gasteiger partial charge in [-0.1, -0.05) is 48.0 Å². The van der Waals surface area contributed by atoms with Crippen LogP contribution in [0.3, 0.4) is 0 Å². The van der Waals surface area contributed by atoms with Crippen LogP contribution in [0.15, 0.2) is 0 Å². The molecule has 1 aliphatic carbocycles. The smallest absolute Gasteiger partial charge is 0.852 e. The van der Waals surface area contributed by atoms with Gasteiger partial charge in [0, 0.05) is 12.8 Å². The largest absolute Gasteiger partial charge is 3.00 e. The average Bonchev–Trinajstić information content (AvgIpc) is 2.15. The van der Waals surface area contributed by atoms with E-state index in [1.165, 1.54) is 6.42 Å². The van der Waals surface area contributed by atoms with E-state index in [9.17, 15) is 20.1 Å². The van der Waals surface area contributed by atoms with Crippen molar-refractivity contribution < 1.29 is 20.1 Å². The molecule has 1 aliphatic rings. The van der Waals surface area contributed by atoms with Gasteiger partial charge in [0.2, 0.25) is 0 Å². The van der Waals surface area contributed by atoms with Crippen molar-refractivity contribution in [1.82, 2.24) is 0 Å². The van der Waals surface area contributed by atoms with E-state index in [0.29, 0.717) is 5.78 Å². The zero-order valence-electron chi connectivity index (χ0n) is 14.0. The van der Waals surface area contributed by atoms with Gasteiger partial charge in [0.15, 0.2) is 0 Å². The molecule has 0 spiro atoms. The standard InChI is InChI=1S/C6H10O.3C3H7O.Al/c7-6-4-2-1-3-5-6;3*1-3(2)4;/h1-5H2;3*3H,1-2H3;/q;3*-1;+3. The minimum atomic E-state index is -0.417. The van der Waals surface area contributed by atoms with E-state index in [-0.39, 0.29) is 17.4 Å². The monoisotopic (exact) mass is 302 g/mol. The summed E-state index contributed by atoms with van der Waals surface area (Å²) in [6, 6.07) is 0. The predicted octanol–water partition coefficient (Wildman–Crippen LogP) is 0.404. The second-order valence-electron chi connectivity index (χ2n) is 5.25. The van der Waals surface area contributed by atoms with E-state index in [1.807, 2.05) is 0 Å². The first-order valence-corrected chi connectivity index (χ1v) is 7.08. The third-order valence-corrected chi connectivity index (χ3v) is 1.41. The van der Waals surface area contributed by atoms with Gasteiger partial charge in [0.1, 0.15) is 5.78 Å². The molecule has 20 heavy (non-hydrogen) atoms. The molecule has 1 fully saturated rings. The Morgan fingerprint density at radius 1 is 0.700 bits per heavy atom. The van der Waals surface area contributed by atoms with Gasteiger partial charge in [0.25, 0.3) is 0 Å². The number of hydrogen-bond acceptors (Lipinski definition) is 4. The second-order valence-corrected chi connectivity index (χ2v) is 5.25. The molecule has 0 unspecified atom stereocenters. The summed E-state index contributed by atoms with van der Waals surface area (Å²) in [5.74, 6) is 0.464. The van der Waals surface area contributed by atoms with Crippen molar-refractivity contribution >= 4 is 23.1 Å². The van der Waals surface area contributed by atoms with Crippen molar-refractivity contribution in [2.24, 2.45) is 0 Å². The van der Waals surface area contributed by atoms with Crippen LogP contribution in [-0.2, 0) is 4.79 Å². The van der Waals surface area contributed by atoms with E-state index < -0.39 is 18.3 Å². The predicted molar refractivity (Wildman–Crippen MR) is 79.3 cm³/mol. The van der Waals surface area contributed by atoms with Crippen LogP contribution in [0, 0.1) is 0 Å². The molecule has 0 saturated heterocycles. The Bertz CT molecular complexity index is 152. The van der Waals surface area contributed by atoms with E-state index in [2.05, 4.69) is 0 Å². The quantitative estimate of drug-likeness (QED) is 0.606. The van der Waals surface area contributed by atoms with Gasteiger partial charge < -0.3 is 15.3 Å². The van der Waals surface area contributed by atoms with Gasteiger partial charge in [0.05, 0.1) is 0 Å². The van der Waals surface area contributed by atoms with Crippen molar-refractivity contribution in [2.75, 3.05) is 0 Å². The topological polar surface area (TPSA) is 86.2 Å². The maximum Gasteiger partial charge on any atom is 3.00 e. The Balaban J connectivity index is -0.0000000881. The van der Waals surface area contributed by atoms with Crippen LogP contribution in [0.1, 0.15) is 73.6 Å². The van der Waals surface area contributed by atoms with E-state index >= 15 is 0 Å². The fourth-order valence-corrected chi connectivity index (χ4v) is 0.946. The first kappa shape index (κ1) is 28.3. The number of ketones is 1. The Morgan fingerprint density at radius 3 is 1.00 bits per heavy atom. The summed E-state index contributed by atoms with van der Waals surface area (Å²) in [6.45, 7) is 9.67. The van der Waals surface area contributed by atoms with Gasteiger partial charge in [-0.3, -0.25) is 4.79 Å². The van der Waals surface area contributed by atoms with Crippen LogP contribution in [0.25, 0.3) is 0 Å². The van der Waals surface area contributed by atoms with Crippen molar-refractivity contribution in [3.8, 4) is 0 Å². The van der Waals surface area contributed by atoms with Gasteiger partial charge >= 0.3 is 17.4 Å². The van der Waals surface area contributed by atoms with Gasteiger partial charge in [-0.2, -0.15) is 0 Å². The van der Waals surface area contributed by atoms with Crippen LogP contribution in [0.2, 0.25) is 0 Å². The maximum atomic E-state index is 10.5. The Labute approximate surface area is 135 Å². The van der Waals surface area contributed by atoms with Crippen LogP contribution in [-0.4, -0.2) is 41.5 Å². The molecule has 0 amide bonds. The molecule has 0 radical (unpaired) electrons. The Hall–Kier alpha value is 0.0825. The molecule has 5 heteroatoms. The van der Waals surface area contributed by atoms with Gasteiger partial charge in [-0.25, -0.2) is 0 Å². The molecule has 0 aromatic carbocycles. The molecule has 1 saturated carbocycles. The first-order valence-electron chi connectivity index (χ1n) is 7.08. The minimum Gasteiger partial charge on any atom is -0.852 e. The number of rotatable bonds is 0. The van der Waals surface area contributed by atoms with Gasteiger partial charge in [-0.15, -0.1) is 18.3 Å². The fraction of sp³-hybridized carbons (Fsp3) is 0.933. The van der Waals surface area contributed by atoms with Gasteiger partial charge in [-0.05, 0) is 12.8 Å². The number of hydrogen-bond donors (Lipinski definition) is 0. The molecule has 0 N–H and O–H groups in total. The SMILES string of the molecule is CC(C)[O-].CC(C)[O-].CC(C)[O-].O=C1CCCCC1.[Al+3]. The summed E-state index contributed by atoms with van der Waals surface area (Å²) in [7, 11) is 0. The molecule has 0 aromatic rings. The molecule has 0 heterocycles. The summed E-state index contributed by atoms with van der Waals surface area (Å²) in [5.41, 5.74) is 0. The van der Waals surface area contributed by atoms with Crippen molar-refractivity contribution in [3.05, 3.63) is 0 Å². The number of carbonyl (C=O) groups excluding carboxylic acids is 1. The maximum absolute atomic E-state index is 10.5. The number of Topliss-reactive ketones (excluding diaryl/α,β-unsaturated/α-hetero) is 1. The van der Waals surface area contributed by atoms with E-state index in [1.54, 1.807) is 41.5 Å². The number of carbonyl (C=O) groups is 1. The van der Waals surface area contributed by atoms with Crippen LogP contribution in [0.4, 0.5) is 0 Å². The zero-order chi connectivity index (χ0) is 15.8.